The molecule has 2 unspecified atom stereocenters. The van der Waals surface area contributed by atoms with E-state index >= 15 is 0 Å². The van der Waals surface area contributed by atoms with Gasteiger partial charge in [0.2, 0.25) is 5.91 Å². The Morgan fingerprint density at radius 2 is 2.05 bits per heavy atom. The lowest BCUT2D eigenvalue weighted by molar-refractivity contribution is -0.121. The highest BCUT2D eigenvalue weighted by atomic mass is 35.5. The maximum atomic E-state index is 11.8. The summed E-state index contributed by atoms with van der Waals surface area (Å²) in [5, 5.41) is 7.21. The number of rotatable bonds is 5. The van der Waals surface area contributed by atoms with E-state index in [2.05, 4.69) is 10.4 Å². The Bertz CT molecular complexity index is 569. The molecule has 2 atom stereocenters. The van der Waals surface area contributed by atoms with E-state index in [0.29, 0.717) is 6.42 Å². The van der Waals surface area contributed by atoms with Crippen molar-refractivity contribution >= 4 is 18.3 Å². The summed E-state index contributed by atoms with van der Waals surface area (Å²) in [6.07, 6.45) is 3.94. The van der Waals surface area contributed by atoms with Crippen LogP contribution < -0.4 is 11.1 Å². The molecule has 0 aliphatic heterocycles. The topological polar surface area (TPSA) is 72.9 Å². The fraction of sp³-hybridized carbons (Fsp3) is 0.333. The summed E-state index contributed by atoms with van der Waals surface area (Å²) in [6, 6.07) is 9.53. The second kappa shape index (κ2) is 7.81. The molecule has 114 valence electrons. The Hall–Kier alpha value is -1.85. The van der Waals surface area contributed by atoms with Crippen LogP contribution in [0.5, 0.6) is 0 Å². The maximum Gasteiger partial charge on any atom is 0.222 e. The first kappa shape index (κ1) is 17.2. The summed E-state index contributed by atoms with van der Waals surface area (Å²) in [4.78, 5) is 11.8. The van der Waals surface area contributed by atoms with Gasteiger partial charge in [0.1, 0.15) is 0 Å². The summed E-state index contributed by atoms with van der Waals surface area (Å²) >= 11 is 0. The van der Waals surface area contributed by atoms with Crippen molar-refractivity contribution in [3.05, 3.63) is 48.3 Å². The fourth-order valence-corrected chi connectivity index (χ4v) is 2.14. The van der Waals surface area contributed by atoms with Crippen molar-refractivity contribution in [3.8, 4) is 5.69 Å². The second-order valence-electron chi connectivity index (χ2n) is 4.98. The van der Waals surface area contributed by atoms with Crippen molar-refractivity contribution in [3.63, 3.8) is 0 Å². The molecule has 0 bridgehead atoms. The van der Waals surface area contributed by atoms with E-state index in [9.17, 15) is 4.79 Å². The maximum absolute atomic E-state index is 11.8. The third-order valence-corrected chi connectivity index (χ3v) is 3.04. The first-order valence-electron chi connectivity index (χ1n) is 6.72. The van der Waals surface area contributed by atoms with Gasteiger partial charge in [-0.1, -0.05) is 18.2 Å². The summed E-state index contributed by atoms with van der Waals surface area (Å²) in [5.74, 6) is -0.0391. The van der Waals surface area contributed by atoms with Gasteiger partial charge in [0, 0.05) is 24.9 Å². The average molecular weight is 309 g/mol. The van der Waals surface area contributed by atoms with E-state index in [4.69, 9.17) is 5.73 Å². The molecule has 0 spiro atoms. The van der Waals surface area contributed by atoms with Crippen molar-refractivity contribution < 1.29 is 4.79 Å². The number of aromatic nitrogens is 2. The molecule has 0 saturated heterocycles. The van der Waals surface area contributed by atoms with Gasteiger partial charge in [-0.3, -0.25) is 4.79 Å². The molecule has 0 radical (unpaired) electrons. The van der Waals surface area contributed by atoms with Crippen LogP contribution in [-0.4, -0.2) is 21.7 Å². The summed E-state index contributed by atoms with van der Waals surface area (Å²) in [7, 11) is 0. The predicted molar refractivity (Wildman–Crippen MR) is 85.6 cm³/mol. The van der Waals surface area contributed by atoms with Crippen LogP contribution in [0.3, 0.4) is 0 Å². The molecule has 1 aromatic carbocycles. The molecule has 1 amide bonds. The number of nitrogens with one attached hydrogen (secondary N) is 1. The zero-order chi connectivity index (χ0) is 14.5. The van der Waals surface area contributed by atoms with Crippen LogP contribution in [0.25, 0.3) is 5.69 Å². The van der Waals surface area contributed by atoms with E-state index in [1.54, 1.807) is 10.9 Å². The molecule has 0 aliphatic carbocycles. The van der Waals surface area contributed by atoms with Gasteiger partial charge in [0.05, 0.1) is 11.7 Å². The van der Waals surface area contributed by atoms with E-state index in [1.807, 2.05) is 50.4 Å². The zero-order valence-electron chi connectivity index (χ0n) is 12.2. The Morgan fingerprint density at radius 1 is 1.33 bits per heavy atom. The lowest BCUT2D eigenvalue weighted by atomic mass is 10.1. The number of para-hydroxylation sites is 1. The highest BCUT2D eigenvalue weighted by molar-refractivity contribution is 5.85. The lowest BCUT2D eigenvalue weighted by Crippen LogP contribution is -2.32. The van der Waals surface area contributed by atoms with Crippen molar-refractivity contribution in [2.24, 2.45) is 5.73 Å². The number of nitrogens with two attached hydrogens (primary N) is 1. The first-order valence-corrected chi connectivity index (χ1v) is 6.72. The van der Waals surface area contributed by atoms with Crippen LogP contribution >= 0.6 is 12.4 Å². The normalized spacial score (nSPS) is 13.1. The molecule has 21 heavy (non-hydrogen) atoms. The van der Waals surface area contributed by atoms with Crippen LogP contribution in [0.15, 0.2) is 42.7 Å². The smallest absolute Gasteiger partial charge is 0.222 e. The Kier molecular flexibility index (Phi) is 6.39. The molecular weight excluding hydrogens is 288 g/mol. The predicted octanol–water partition coefficient (Wildman–Crippen LogP) is 2.21. The van der Waals surface area contributed by atoms with Gasteiger partial charge in [-0.05, 0) is 31.5 Å². The summed E-state index contributed by atoms with van der Waals surface area (Å²) in [6.45, 7) is 3.78. The molecule has 2 aromatic rings. The molecule has 5 nitrogen and oxygen atoms in total. The molecule has 1 aromatic heterocycles. The lowest BCUT2D eigenvalue weighted by Gasteiger charge is -2.18. The van der Waals surface area contributed by atoms with Crippen molar-refractivity contribution in [1.82, 2.24) is 15.1 Å². The molecule has 1 heterocycles. The quantitative estimate of drug-likeness (QED) is 0.889. The number of nitrogens with zero attached hydrogens (tertiary/aromatic N) is 2. The minimum atomic E-state index is -0.136. The van der Waals surface area contributed by atoms with Crippen molar-refractivity contribution in [1.29, 1.82) is 0 Å². The standard InChI is InChI=1S/C15H20N4O.ClH/c1-11(16)10-15(20)18-12(2)13-6-3-4-7-14(13)19-9-5-8-17-19;/h3-9,11-12H,10,16H2,1-2H3,(H,18,20);1H. The molecular formula is C15H21ClN4O. The number of hydrogen-bond acceptors (Lipinski definition) is 3. The van der Waals surface area contributed by atoms with E-state index in [0.717, 1.165) is 11.3 Å². The van der Waals surface area contributed by atoms with E-state index in [-0.39, 0.29) is 30.4 Å². The highest BCUT2D eigenvalue weighted by Crippen LogP contribution is 2.20. The Balaban J connectivity index is 0.00000220. The van der Waals surface area contributed by atoms with Gasteiger partial charge in [-0.2, -0.15) is 5.10 Å². The number of carbonyl (C=O) groups excluding carboxylic acids is 1. The van der Waals surface area contributed by atoms with Crippen molar-refractivity contribution in [2.75, 3.05) is 0 Å². The number of hydrogen-bond donors (Lipinski definition) is 2. The Labute approximate surface area is 130 Å². The SMILES string of the molecule is CC(N)CC(=O)NC(C)c1ccccc1-n1cccn1.Cl. The monoisotopic (exact) mass is 308 g/mol. The van der Waals surface area contributed by atoms with E-state index < -0.39 is 0 Å². The van der Waals surface area contributed by atoms with Crippen LogP contribution in [-0.2, 0) is 4.79 Å². The summed E-state index contributed by atoms with van der Waals surface area (Å²) < 4.78 is 1.80. The number of carbonyl (C=O) groups is 1. The van der Waals surface area contributed by atoms with Crippen LogP contribution in [0, 0.1) is 0 Å². The number of halogens is 1. The van der Waals surface area contributed by atoms with Crippen molar-refractivity contribution in [2.45, 2.75) is 32.4 Å². The Morgan fingerprint density at radius 3 is 2.67 bits per heavy atom. The minimum Gasteiger partial charge on any atom is -0.349 e. The van der Waals surface area contributed by atoms with Gasteiger partial charge >= 0.3 is 0 Å². The summed E-state index contributed by atoms with van der Waals surface area (Å²) in [5.41, 5.74) is 7.63. The molecule has 0 fully saturated rings. The molecule has 2 rings (SSSR count). The average Bonchev–Trinajstić information content (AvgIpc) is 2.91. The van der Waals surface area contributed by atoms with Gasteiger partial charge in [-0.15, -0.1) is 12.4 Å². The minimum absolute atomic E-state index is 0. The first-order chi connectivity index (χ1) is 9.58. The highest BCUT2D eigenvalue weighted by Gasteiger charge is 2.14. The van der Waals surface area contributed by atoms with Crippen LogP contribution in [0.1, 0.15) is 31.9 Å². The zero-order valence-corrected chi connectivity index (χ0v) is 13.0. The van der Waals surface area contributed by atoms with Crippen LogP contribution in [0.4, 0.5) is 0 Å². The third kappa shape index (κ3) is 4.58. The number of benzene rings is 1. The molecule has 0 saturated carbocycles. The van der Waals surface area contributed by atoms with Crippen LogP contribution in [0.2, 0.25) is 0 Å². The number of amides is 1. The van der Waals surface area contributed by atoms with E-state index in [1.165, 1.54) is 0 Å². The molecule has 6 heteroatoms. The third-order valence-electron chi connectivity index (χ3n) is 3.04. The molecule has 3 N–H and O–H groups in total. The van der Waals surface area contributed by atoms with Gasteiger partial charge in [-0.25, -0.2) is 4.68 Å². The van der Waals surface area contributed by atoms with Gasteiger partial charge in [0.25, 0.3) is 0 Å². The fourth-order valence-electron chi connectivity index (χ4n) is 2.14. The van der Waals surface area contributed by atoms with Gasteiger partial charge < -0.3 is 11.1 Å². The second-order valence-corrected chi connectivity index (χ2v) is 4.98. The largest absolute Gasteiger partial charge is 0.349 e. The molecule has 0 aliphatic rings. The van der Waals surface area contributed by atoms with Gasteiger partial charge in [0.15, 0.2) is 0 Å².